The zero-order chi connectivity index (χ0) is 12.0. The molecule has 0 bridgehead atoms. The summed E-state index contributed by atoms with van der Waals surface area (Å²) in [6.45, 7) is 10.1. The van der Waals surface area contributed by atoms with E-state index in [-0.39, 0.29) is 5.54 Å². The monoisotopic (exact) mass is 219 g/mol. The first-order chi connectivity index (χ1) is 7.51. The third-order valence-corrected chi connectivity index (χ3v) is 2.87. The summed E-state index contributed by atoms with van der Waals surface area (Å²) in [5, 5.41) is 3.59. The van der Waals surface area contributed by atoms with E-state index >= 15 is 0 Å². The molecule has 0 aliphatic rings. The number of hydrogen-bond acceptors (Lipinski definition) is 1. The van der Waals surface area contributed by atoms with Gasteiger partial charge in [0.25, 0.3) is 0 Å². The molecule has 1 rings (SSSR count). The van der Waals surface area contributed by atoms with Crippen LogP contribution in [0, 0.1) is 5.92 Å². The first kappa shape index (κ1) is 13.2. The Labute approximate surface area is 100 Å². The molecule has 0 amide bonds. The summed E-state index contributed by atoms with van der Waals surface area (Å²) in [6, 6.07) is 10.8. The number of nitrogens with one attached hydrogen (secondary N) is 1. The zero-order valence-electron chi connectivity index (χ0n) is 11.1. The molecule has 1 unspecified atom stereocenters. The van der Waals surface area contributed by atoms with Gasteiger partial charge in [-0.3, -0.25) is 0 Å². The van der Waals surface area contributed by atoms with Gasteiger partial charge in [-0.15, -0.1) is 0 Å². The molecule has 0 saturated carbocycles. The average molecular weight is 219 g/mol. The van der Waals surface area contributed by atoms with Crippen molar-refractivity contribution in [2.45, 2.75) is 46.1 Å². The van der Waals surface area contributed by atoms with Crippen LogP contribution in [0.5, 0.6) is 0 Å². The van der Waals surface area contributed by atoms with Gasteiger partial charge in [-0.2, -0.15) is 0 Å². The lowest BCUT2D eigenvalue weighted by Crippen LogP contribution is -2.39. The Bertz CT molecular complexity index is 284. The Kier molecular flexibility index (Phi) is 5.01. The van der Waals surface area contributed by atoms with Gasteiger partial charge in [-0.05, 0) is 45.2 Å². The molecule has 0 radical (unpaired) electrons. The molecule has 16 heavy (non-hydrogen) atoms. The summed E-state index contributed by atoms with van der Waals surface area (Å²) >= 11 is 0. The molecule has 1 nitrogen and oxygen atoms in total. The van der Waals surface area contributed by atoms with Crippen LogP contribution in [0.25, 0.3) is 0 Å². The largest absolute Gasteiger partial charge is 0.312 e. The molecule has 0 aliphatic carbocycles. The first-order valence-corrected chi connectivity index (χ1v) is 6.30. The Hall–Kier alpha value is -0.820. The van der Waals surface area contributed by atoms with Gasteiger partial charge in [-0.25, -0.2) is 0 Å². The zero-order valence-corrected chi connectivity index (χ0v) is 11.1. The molecular weight excluding hydrogens is 194 g/mol. The molecule has 0 fully saturated rings. The molecule has 0 spiro atoms. The highest BCUT2D eigenvalue weighted by atomic mass is 14.9. The average Bonchev–Trinajstić information content (AvgIpc) is 2.24. The maximum atomic E-state index is 3.59. The molecule has 0 aromatic heterocycles. The maximum absolute atomic E-state index is 3.59. The Morgan fingerprint density at radius 2 is 1.75 bits per heavy atom. The summed E-state index contributed by atoms with van der Waals surface area (Å²) in [6.07, 6.45) is 2.42. The van der Waals surface area contributed by atoms with Crippen LogP contribution in [-0.2, 0) is 6.42 Å². The maximum Gasteiger partial charge on any atom is 0.00966 e. The summed E-state index contributed by atoms with van der Waals surface area (Å²) in [7, 11) is 0. The van der Waals surface area contributed by atoms with E-state index in [9.17, 15) is 0 Å². The van der Waals surface area contributed by atoms with Gasteiger partial charge in [0.15, 0.2) is 0 Å². The van der Waals surface area contributed by atoms with E-state index < -0.39 is 0 Å². The summed E-state index contributed by atoms with van der Waals surface area (Å²) in [5.74, 6) is 0.738. The quantitative estimate of drug-likeness (QED) is 0.797. The fourth-order valence-corrected chi connectivity index (χ4v) is 1.76. The number of benzene rings is 1. The second kappa shape index (κ2) is 6.05. The molecule has 0 saturated heterocycles. The third-order valence-electron chi connectivity index (χ3n) is 2.87. The van der Waals surface area contributed by atoms with Crippen molar-refractivity contribution >= 4 is 0 Å². The van der Waals surface area contributed by atoms with Gasteiger partial charge in [0.05, 0.1) is 0 Å². The highest BCUT2D eigenvalue weighted by Gasteiger charge is 2.13. The molecule has 1 aromatic rings. The van der Waals surface area contributed by atoms with Crippen LogP contribution in [0.4, 0.5) is 0 Å². The lowest BCUT2D eigenvalue weighted by molar-refractivity contribution is 0.363. The number of hydrogen-bond donors (Lipinski definition) is 1. The SMILES string of the molecule is CCC(CNC(C)(C)C)Cc1ccccc1. The number of rotatable bonds is 5. The van der Waals surface area contributed by atoms with Crippen LogP contribution >= 0.6 is 0 Å². The molecule has 0 aliphatic heterocycles. The van der Waals surface area contributed by atoms with Crippen LogP contribution in [0.1, 0.15) is 39.7 Å². The van der Waals surface area contributed by atoms with Crippen molar-refractivity contribution in [2.75, 3.05) is 6.54 Å². The molecular formula is C15H25N. The van der Waals surface area contributed by atoms with Gasteiger partial charge >= 0.3 is 0 Å². The molecule has 1 heteroatoms. The van der Waals surface area contributed by atoms with Crippen molar-refractivity contribution in [1.29, 1.82) is 0 Å². The minimum Gasteiger partial charge on any atom is -0.312 e. The smallest absolute Gasteiger partial charge is 0.00966 e. The van der Waals surface area contributed by atoms with E-state index in [1.54, 1.807) is 0 Å². The topological polar surface area (TPSA) is 12.0 Å². The molecule has 1 N–H and O–H groups in total. The lowest BCUT2D eigenvalue weighted by atomic mass is 9.95. The summed E-state index contributed by atoms with van der Waals surface area (Å²) < 4.78 is 0. The van der Waals surface area contributed by atoms with E-state index in [2.05, 4.69) is 63.3 Å². The normalized spacial score (nSPS) is 13.8. The van der Waals surface area contributed by atoms with Crippen molar-refractivity contribution in [3.05, 3.63) is 35.9 Å². The van der Waals surface area contributed by atoms with Gasteiger partial charge in [-0.1, -0.05) is 43.7 Å². The summed E-state index contributed by atoms with van der Waals surface area (Å²) in [4.78, 5) is 0. The van der Waals surface area contributed by atoms with Crippen LogP contribution in [0.15, 0.2) is 30.3 Å². The lowest BCUT2D eigenvalue weighted by Gasteiger charge is -2.24. The Balaban J connectivity index is 2.44. The third kappa shape index (κ3) is 5.32. The van der Waals surface area contributed by atoms with Crippen LogP contribution in [0.3, 0.4) is 0 Å². The minimum absolute atomic E-state index is 0.226. The minimum atomic E-state index is 0.226. The Morgan fingerprint density at radius 1 is 1.12 bits per heavy atom. The second-order valence-electron chi connectivity index (χ2n) is 5.59. The molecule has 1 atom stereocenters. The second-order valence-corrected chi connectivity index (χ2v) is 5.59. The van der Waals surface area contributed by atoms with Crippen LogP contribution in [-0.4, -0.2) is 12.1 Å². The van der Waals surface area contributed by atoms with Crippen molar-refractivity contribution in [1.82, 2.24) is 5.32 Å². The van der Waals surface area contributed by atoms with E-state index in [0.717, 1.165) is 12.5 Å². The highest BCUT2D eigenvalue weighted by Crippen LogP contribution is 2.12. The summed E-state index contributed by atoms with van der Waals surface area (Å²) in [5.41, 5.74) is 1.68. The van der Waals surface area contributed by atoms with Gasteiger partial charge in [0.2, 0.25) is 0 Å². The fraction of sp³-hybridized carbons (Fsp3) is 0.600. The first-order valence-electron chi connectivity index (χ1n) is 6.30. The van der Waals surface area contributed by atoms with E-state index in [4.69, 9.17) is 0 Å². The molecule has 1 aromatic carbocycles. The van der Waals surface area contributed by atoms with E-state index in [1.807, 2.05) is 0 Å². The Morgan fingerprint density at radius 3 is 2.25 bits per heavy atom. The predicted octanol–water partition coefficient (Wildman–Crippen LogP) is 3.64. The molecule has 0 heterocycles. The van der Waals surface area contributed by atoms with Gasteiger partial charge in [0, 0.05) is 5.54 Å². The van der Waals surface area contributed by atoms with Crippen molar-refractivity contribution in [2.24, 2.45) is 5.92 Å². The van der Waals surface area contributed by atoms with Crippen molar-refractivity contribution < 1.29 is 0 Å². The van der Waals surface area contributed by atoms with E-state index in [1.165, 1.54) is 18.4 Å². The van der Waals surface area contributed by atoms with Crippen molar-refractivity contribution in [3.8, 4) is 0 Å². The van der Waals surface area contributed by atoms with Crippen LogP contribution in [0.2, 0.25) is 0 Å². The van der Waals surface area contributed by atoms with E-state index in [0.29, 0.717) is 0 Å². The fourth-order valence-electron chi connectivity index (χ4n) is 1.76. The molecule has 90 valence electrons. The van der Waals surface area contributed by atoms with Gasteiger partial charge < -0.3 is 5.32 Å². The highest BCUT2D eigenvalue weighted by molar-refractivity contribution is 5.15. The van der Waals surface area contributed by atoms with Crippen LogP contribution < -0.4 is 5.32 Å². The van der Waals surface area contributed by atoms with Crippen molar-refractivity contribution in [3.63, 3.8) is 0 Å². The predicted molar refractivity (Wildman–Crippen MR) is 71.7 cm³/mol. The standard InChI is InChI=1S/C15H25N/c1-5-13(12-16-15(2,3)4)11-14-9-7-6-8-10-14/h6-10,13,16H,5,11-12H2,1-4H3. The van der Waals surface area contributed by atoms with Gasteiger partial charge in [0.1, 0.15) is 0 Å².